The molecule has 3 amide bonds. The normalized spacial score (nSPS) is 14.1. The number of amides is 3. The number of carbonyl (C=O) groups is 2. The standard InChI is InChI=1S/C9H19N3O3/c1-6(5-15-4)11-7(2)8(13)12-9(14)10-3/h6-7,11H,5H2,1-4H3,(H2,10,12,13,14). The summed E-state index contributed by atoms with van der Waals surface area (Å²) < 4.78 is 4.91. The van der Waals surface area contributed by atoms with Crippen LogP contribution < -0.4 is 16.0 Å². The Kier molecular flexibility index (Phi) is 6.64. The van der Waals surface area contributed by atoms with Crippen molar-refractivity contribution in [2.75, 3.05) is 20.8 Å². The molecule has 88 valence electrons. The Labute approximate surface area is 89.7 Å². The van der Waals surface area contributed by atoms with Crippen molar-refractivity contribution in [1.82, 2.24) is 16.0 Å². The predicted molar refractivity (Wildman–Crippen MR) is 56.5 cm³/mol. The molecule has 0 fully saturated rings. The number of nitrogens with one attached hydrogen (secondary N) is 3. The van der Waals surface area contributed by atoms with Crippen LogP contribution in [0.25, 0.3) is 0 Å². The fourth-order valence-corrected chi connectivity index (χ4v) is 1.08. The van der Waals surface area contributed by atoms with Gasteiger partial charge in [-0.05, 0) is 13.8 Å². The van der Waals surface area contributed by atoms with Crippen LogP contribution in [0.1, 0.15) is 13.8 Å². The molecule has 0 rings (SSSR count). The second-order valence-corrected chi connectivity index (χ2v) is 3.31. The Bertz CT molecular complexity index is 221. The van der Waals surface area contributed by atoms with E-state index in [0.717, 1.165) is 0 Å². The third-order valence-electron chi connectivity index (χ3n) is 1.81. The number of rotatable bonds is 5. The molecule has 0 radical (unpaired) electrons. The molecule has 3 N–H and O–H groups in total. The van der Waals surface area contributed by atoms with E-state index in [4.69, 9.17) is 4.74 Å². The summed E-state index contributed by atoms with van der Waals surface area (Å²) in [4.78, 5) is 22.2. The van der Waals surface area contributed by atoms with Gasteiger partial charge in [-0.15, -0.1) is 0 Å². The second-order valence-electron chi connectivity index (χ2n) is 3.31. The number of hydrogen-bond acceptors (Lipinski definition) is 4. The summed E-state index contributed by atoms with van der Waals surface area (Å²) in [6, 6.07) is -0.888. The summed E-state index contributed by atoms with van der Waals surface area (Å²) in [5, 5.41) is 7.48. The molecule has 0 saturated carbocycles. The van der Waals surface area contributed by atoms with Crippen molar-refractivity contribution in [2.24, 2.45) is 0 Å². The van der Waals surface area contributed by atoms with Gasteiger partial charge in [0.2, 0.25) is 5.91 Å². The molecule has 0 aliphatic carbocycles. The van der Waals surface area contributed by atoms with Gasteiger partial charge in [0.25, 0.3) is 0 Å². The van der Waals surface area contributed by atoms with Crippen LogP contribution in [0, 0.1) is 0 Å². The smallest absolute Gasteiger partial charge is 0.321 e. The minimum absolute atomic E-state index is 0.0560. The van der Waals surface area contributed by atoms with E-state index in [-0.39, 0.29) is 11.9 Å². The SMILES string of the molecule is CNC(=O)NC(=O)C(C)NC(C)COC. The summed E-state index contributed by atoms with van der Waals surface area (Å²) in [6.07, 6.45) is 0. The lowest BCUT2D eigenvalue weighted by Gasteiger charge is -2.18. The summed E-state index contributed by atoms with van der Waals surface area (Å²) in [5.74, 6) is -0.364. The summed E-state index contributed by atoms with van der Waals surface area (Å²) in [6.45, 7) is 4.09. The zero-order valence-electron chi connectivity index (χ0n) is 9.59. The molecule has 2 atom stereocenters. The quantitative estimate of drug-likeness (QED) is 0.577. The first kappa shape index (κ1) is 13.9. The highest BCUT2D eigenvalue weighted by molar-refractivity contribution is 5.96. The molecule has 0 bridgehead atoms. The van der Waals surface area contributed by atoms with Crippen molar-refractivity contribution < 1.29 is 14.3 Å². The Balaban J connectivity index is 3.93. The number of hydrogen-bond donors (Lipinski definition) is 3. The van der Waals surface area contributed by atoms with Crippen molar-refractivity contribution in [2.45, 2.75) is 25.9 Å². The summed E-state index contributed by atoms with van der Waals surface area (Å²) in [7, 11) is 3.04. The molecule has 0 spiro atoms. The molecule has 0 aromatic heterocycles. The van der Waals surface area contributed by atoms with Gasteiger partial charge in [-0.25, -0.2) is 4.79 Å². The molecular formula is C9H19N3O3. The van der Waals surface area contributed by atoms with E-state index in [0.29, 0.717) is 6.61 Å². The van der Waals surface area contributed by atoms with Crippen LogP contribution in [-0.2, 0) is 9.53 Å². The van der Waals surface area contributed by atoms with Crippen molar-refractivity contribution in [3.8, 4) is 0 Å². The first-order valence-corrected chi connectivity index (χ1v) is 4.78. The molecule has 0 saturated heterocycles. The maximum Gasteiger partial charge on any atom is 0.321 e. The van der Waals surface area contributed by atoms with Gasteiger partial charge in [0.15, 0.2) is 0 Å². The first-order valence-electron chi connectivity index (χ1n) is 4.78. The van der Waals surface area contributed by atoms with E-state index in [1.807, 2.05) is 6.92 Å². The minimum Gasteiger partial charge on any atom is -0.383 e. The van der Waals surface area contributed by atoms with Gasteiger partial charge in [0, 0.05) is 20.2 Å². The molecule has 15 heavy (non-hydrogen) atoms. The Morgan fingerprint density at radius 1 is 1.33 bits per heavy atom. The van der Waals surface area contributed by atoms with E-state index < -0.39 is 12.1 Å². The van der Waals surface area contributed by atoms with Crippen LogP contribution in [-0.4, -0.2) is 44.8 Å². The number of ether oxygens (including phenoxy) is 1. The minimum atomic E-state index is -0.506. The highest BCUT2D eigenvalue weighted by Crippen LogP contribution is 1.88. The lowest BCUT2D eigenvalue weighted by atomic mass is 10.2. The average Bonchev–Trinajstić information content (AvgIpc) is 2.17. The molecule has 0 heterocycles. The fourth-order valence-electron chi connectivity index (χ4n) is 1.08. The highest BCUT2D eigenvalue weighted by Gasteiger charge is 2.16. The number of urea groups is 1. The third-order valence-corrected chi connectivity index (χ3v) is 1.81. The van der Waals surface area contributed by atoms with E-state index in [1.165, 1.54) is 7.05 Å². The molecule has 2 unspecified atom stereocenters. The second kappa shape index (κ2) is 7.19. The molecule has 0 aliphatic rings. The van der Waals surface area contributed by atoms with Gasteiger partial charge in [0.1, 0.15) is 0 Å². The maximum absolute atomic E-state index is 11.4. The lowest BCUT2D eigenvalue weighted by molar-refractivity contribution is -0.121. The van der Waals surface area contributed by atoms with Gasteiger partial charge in [0.05, 0.1) is 12.6 Å². The Morgan fingerprint density at radius 3 is 2.40 bits per heavy atom. The molecular weight excluding hydrogens is 198 g/mol. The first-order chi connectivity index (χ1) is 7.01. The molecule has 0 aromatic carbocycles. The fraction of sp³-hybridized carbons (Fsp3) is 0.778. The van der Waals surface area contributed by atoms with Crippen molar-refractivity contribution in [3.63, 3.8) is 0 Å². The zero-order chi connectivity index (χ0) is 11.8. The predicted octanol–water partition coefficient (Wildman–Crippen LogP) is -0.545. The topological polar surface area (TPSA) is 79.5 Å². The zero-order valence-corrected chi connectivity index (χ0v) is 9.59. The van der Waals surface area contributed by atoms with Crippen LogP contribution in [0.2, 0.25) is 0 Å². The Morgan fingerprint density at radius 2 is 1.93 bits per heavy atom. The number of imide groups is 1. The summed E-state index contributed by atoms with van der Waals surface area (Å²) in [5.41, 5.74) is 0. The molecule has 6 heteroatoms. The Hall–Kier alpha value is -1.14. The molecule has 6 nitrogen and oxygen atoms in total. The van der Waals surface area contributed by atoms with E-state index in [1.54, 1.807) is 14.0 Å². The van der Waals surface area contributed by atoms with Crippen molar-refractivity contribution in [3.05, 3.63) is 0 Å². The number of carbonyl (C=O) groups excluding carboxylic acids is 2. The molecule has 0 aromatic rings. The van der Waals surface area contributed by atoms with Crippen LogP contribution in [0.3, 0.4) is 0 Å². The van der Waals surface area contributed by atoms with Gasteiger partial charge in [-0.1, -0.05) is 0 Å². The van der Waals surface area contributed by atoms with Gasteiger partial charge in [-0.3, -0.25) is 10.1 Å². The van der Waals surface area contributed by atoms with E-state index in [2.05, 4.69) is 16.0 Å². The summed E-state index contributed by atoms with van der Waals surface area (Å²) >= 11 is 0. The monoisotopic (exact) mass is 217 g/mol. The van der Waals surface area contributed by atoms with Crippen LogP contribution in [0.4, 0.5) is 4.79 Å². The third kappa shape index (κ3) is 6.03. The maximum atomic E-state index is 11.4. The van der Waals surface area contributed by atoms with Gasteiger partial charge < -0.3 is 15.4 Å². The lowest BCUT2D eigenvalue weighted by Crippen LogP contribution is -2.50. The largest absolute Gasteiger partial charge is 0.383 e. The van der Waals surface area contributed by atoms with Crippen LogP contribution in [0.5, 0.6) is 0 Å². The van der Waals surface area contributed by atoms with Gasteiger partial charge >= 0.3 is 6.03 Å². The van der Waals surface area contributed by atoms with E-state index >= 15 is 0 Å². The van der Waals surface area contributed by atoms with Crippen LogP contribution in [0.15, 0.2) is 0 Å². The highest BCUT2D eigenvalue weighted by atomic mass is 16.5. The van der Waals surface area contributed by atoms with E-state index in [9.17, 15) is 9.59 Å². The molecule has 0 aliphatic heterocycles. The van der Waals surface area contributed by atoms with Crippen LogP contribution >= 0.6 is 0 Å². The van der Waals surface area contributed by atoms with Crippen molar-refractivity contribution >= 4 is 11.9 Å². The van der Waals surface area contributed by atoms with Crippen molar-refractivity contribution in [1.29, 1.82) is 0 Å². The number of methoxy groups -OCH3 is 1. The average molecular weight is 217 g/mol. The van der Waals surface area contributed by atoms with Gasteiger partial charge in [-0.2, -0.15) is 0 Å².